The van der Waals surface area contributed by atoms with Crippen molar-refractivity contribution in [3.63, 3.8) is 0 Å². The number of unbranched alkanes of at least 4 members (excludes halogenated alkanes) is 15. The highest BCUT2D eigenvalue weighted by Gasteiger charge is 2.18. The number of imidazole rings is 1. The lowest BCUT2D eigenvalue weighted by Crippen LogP contribution is -2.19. The summed E-state index contributed by atoms with van der Waals surface area (Å²) in [6.07, 6.45) is 25.2. The molecule has 0 spiro atoms. The highest BCUT2D eigenvalue weighted by molar-refractivity contribution is 5.80. The Labute approximate surface area is 193 Å². The Kier molecular flexibility index (Phi) is 16.1. The second-order valence-electron chi connectivity index (χ2n) is 8.98. The van der Waals surface area contributed by atoms with Gasteiger partial charge in [0.1, 0.15) is 12.0 Å². The third-order valence-electron chi connectivity index (χ3n) is 6.16. The first kappa shape index (κ1) is 27.9. The van der Waals surface area contributed by atoms with Gasteiger partial charge in [0, 0.05) is 12.5 Å². The van der Waals surface area contributed by atoms with Crippen molar-refractivity contribution in [2.24, 2.45) is 10.9 Å². The molecule has 0 aliphatic rings. The largest absolute Gasteiger partial charge is 0.409 e. The molecule has 0 radical (unpaired) electrons. The number of nitro groups is 1. The van der Waals surface area contributed by atoms with Gasteiger partial charge in [-0.15, -0.1) is 0 Å². The fourth-order valence-corrected chi connectivity index (χ4v) is 4.19. The van der Waals surface area contributed by atoms with Crippen LogP contribution in [0.4, 0.5) is 5.82 Å². The first-order chi connectivity index (χ1) is 15.6. The van der Waals surface area contributed by atoms with E-state index >= 15 is 0 Å². The molecular weight excluding hydrogens is 406 g/mol. The molecule has 184 valence electrons. The number of nitrogens with two attached hydrogens (primary N) is 1. The van der Waals surface area contributed by atoms with Crippen molar-refractivity contribution in [3.05, 3.63) is 22.6 Å². The minimum atomic E-state index is -0.508. The van der Waals surface area contributed by atoms with Gasteiger partial charge >= 0.3 is 5.82 Å². The summed E-state index contributed by atoms with van der Waals surface area (Å²) in [5, 5.41) is 22.8. The Hall–Kier alpha value is -2.12. The van der Waals surface area contributed by atoms with E-state index in [-0.39, 0.29) is 17.7 Å². The van der Waals surface area contributed by atoms with Crippen molar-refractivity contribution >= 4 is 11.7 Å². The van der Waals surface area contributed by atoms with Crippen LogP contribution < -0.4 is 5.73 Å². The Morgan fingerprint density at radius 1 is 1.00 bits per heavy atom. The molecule has 0 bridgehead atoms. The van der Waals surface area contributed by atoms with Crippen LogP contribution in [0.5, 0.6) is 0 Å². The molecule has 1 atom stereocenters. The van der Waals surface area contributed by atoms with E-state index in [1.165, 1.54) is 102 Å². The summed E-state index contributed by atoms with van der Waals surface area (Å²) in [6, 6.07) is -0.0845. The molecule has 0 saturated heterocycles. The van der Waals surface area contributed by atoms with E-state index < -0.39 is 4.92 Å². The maximum absolute atomic E-state index is 10.9. The molecule has 0 aliphatic heterocycles. The SMILES string of the molecule is CCCCCCCCCCCCCCCCCCC(CC(N)=NO)n1cnc([N+](=O)[O-])c1. The summed E-state index contributed by atoms with van der Waals surface area (Å²) in [5.74, 6) is -0.0515. The minimum absolute atomic E-state index is 0.0845. The van der Waals surface area contributed by atoms with Gasteiger partial charge in [0.25, 0.3) is 0 Å². The average molecular weight is 452 g/mol. The molecule has 1 aromatic rings. The van der Waals surface area contributed by atoms with Gasteiger partial charge in [-0.05, 0) is 16.3 Å². The molecule has 0 fully saturated rings. The van der Waals surface area contributed by atoms with Gasteiger partial charge in [-0.25, -0.2) is 0 Å². The van der Waals surface area contributed by atoms with E-state index in [1.54, 1.807) is 4.57 Å². The third-order valence-corrected chi connectivity index (χ3v) is 6.16. The Bertz CT molecular complexity index is 633. The van der Waals surface area contributed by atoms with Crippen molar-refractivity contribution in [3.8, 4) is 0 Å². The smallest absolute Gasteiger partial charge is 0.381 e. The van der Waals surface area contributed by atoms with Gasteiger partial charge in [-0.1, -0.05) is 115 Å². The molecule has 0 aromatic carbocycles. The van der Waals surface area contributed by atoms with Crippen molar-refractivity contribution < 1.29 is 10.1 Å². The van der Waals surface area contributed by atoms with E-state index in [4.69, 9.17) is 10.9 Å². The van der Waals surface area contributed by atoms with Crippen LogP contribution in [0.3, 0.4) is 0 Å². The number of hydrogen-bond donors (Lipinski definition) is 2. The normalized spacial score (nSPS) is 12.8. The fraction of sp³-hybridized carbons (Fsp3) is 0.833. The number of nitrogens with zero attached hydrogens (tertiary/aromatic N) is 4. The lowest BCUT2D eigenvalue weighted by atomic mass is 10.0. The van der Waals surface area contributed by atoms with Crippen LogP contribution in [-0.2, 0) is 0 Å². The van der Waals surface area contributed by atoms with Crippen LogP contribution in [0.25, 0.3) is 0 Å². The first-order valence-electron chi connectivity index (χ1n) is 12.7. The molecule has 0 saturated carbocycles. The number of aromatic nitrogens is 2. The van der Waals surface area contributed by atoms with Crippen LogP contribution in [-0.4, -0.2) is 25.5 Å². The molecule has 1 aromatic heterocycles. The topological polar surface area (TPSA) is 120 Å². The summed E-state index contributed by atoms with van der Waals surface area (Å²) < 4.78 is 1.71. The second-order valence-corrected chi connectivity index (χ2v) is 8.98. The van der Waals surface area contributed by atoms with Crippen LogP contribution in [0.1, 0.15) is 129 Å². The molecule has 32 heavy (non-hydrogen) atoms. The van der Waals surface area contributed by atoms with Crippen molar-refractivity contribution in [1.29, 1.82) is 0 Å². The lowest BCUT2D eigenvalue weighted by Gasteiger charge is -2.16. The summed E-state index contributed by atoms with van der Waals surface area (Å²) in [5.41, 5.74) is 5.67. The summed E-state index contributed by atoms with van der Waals surface area (Å²) in [6.45, 7) is 2.27. The third kappa shape index (κ3) is 13.3. The molecule has 8 nitrogen and oxygen atoms in total. The van der Waals surface area contributed by atoms with Crippen molar-refractivity contribution in [2.75, 3.05) is 0 Å². The lowest BCUT2D eigenvalue weighted by molar-refractivity contribution is -0.389. The molecular formula is C24H45N5O3. The highest BCUT2D eigenvalue weighted by Crippen LogP contribution is 2.23. The van der Waals surface area contributed by atoms with E-state index in [1.807, 2.05) is 0 Å². The Morgan fingerprint density at radius 3 is 1.88 bits per heavy atom. The zero-order chi connectivity index (χ0) is 23.4. The van der Waals surface area contributed by atoms with Crippen molar-refractivity contribution in [2.45, 2.75) is 129 Å². The van der Waals surface area contributed by atoms with Gasteiger partial charge in [-0.2, -0.15) is 0 Å². The van der Waals surface area contributed by atoms with Gasteiger partial charge in [-0.3, -0.25) is 0 Å². The highest BCUT2D eigenvalue weighted by atomic mass is 16.6. The van der Waals surface area contributed by atoms with Gasteiger partial charge < -0.3 is 25.6 Å². The van der Waals surface area contributed by atoms with Crippen LogP contribution in [0.2, 0.25) is 0 Å². The zero-order valence-corrected chi connectivity index (χ0v) is 20.1. The first-order valence-corrected chi connectivity index (χ1v) is 12.7. The Morgan fingerprint density at radius 2 is 1.47 bits per heavy atom. The van der Waals surface area contributed by atoms with Crippen LogP contribution in [0, 0.1) is 10.1 Å². The standard InChI is InChI=1S/C24H45N5O3/c1-2-3-4-5-6-7-8-9-10-11-12-13-14-15-16-17-18-22(19-23(25)27-30)28-20-24(26-21-28)29(31)32/h20-22,30H,2-19H2,1H3,(H2,25,27). The number of amidine groups is 1. The molecule has 0 amide bonds. The van der Waals surface area contributed by atoms with E-state index in [0.29, 0.717) is 6.42 Å². The predicted molar refractivity (Wildman–Crippen MR) is 130 cm³/mol. The van der Waals surface area contributed by atoms with Crippen molar-refractivity contribution in [1.82, 2.24) is 9.55 Å². The molecule has 0 aliphatic carbocycles. The number of oxime groups is 1. The van der Waals surface area contributed by atoms with Gasteiger partial charge in [0.05, 0.1) is 0 Å². The number of hydrogen-bond acceptors (Lipinski definition) is 5. The quantitative estimate of drug-likeness (QED) is 0.0515. The molecule has 1 unspecified atom stereocenters. The Balaban J connectivity index is 2.06. The zero-order valence-electron chi connectivity index (χ0n) is 20.1. The van der Waals surface area contributed by atoms with E-state index in [0.717, 1.165) is 19.3 Å². The minimum Gasteiger partial charge on any atom is -0.409 e. The molecule has 1 rings (SSSR count). The molecule has 1 heterocycles. The van der Waals surface area contributed by atoms with Crippen LogP contribution in [0.15, 0.2) is 17.7 Å². The van der Waals surface area contributed by atoms with Gasteiger partial charge in [0.2, 0.25) is 6.33 Å². The second kappa shape index (κ2) is 18.5. The monoisotopic (exact) mass is 451 g/mol. The van der Waals surface area contributed by atoms with Crippen LogP contribution >= 0.6 is 0 Å². The maximum atomic E-state index is 10.9. The molecule has 3 N–H and O–H groups in total. The summed E-state index contributed by atoms with van der Waals surface area (Å²) >= 11 is 0. The van der Waals surface area contributed by atoms with E-state index in [9.17, 15) is 10.1 Å². The molecule has 8 heteroatoms. The summed E-state index contributed by atoms with van der Waals surface area (Å²) in [4.78, 5) is 14.2. The van der Waals surface area contributed by atoms with Gasteiger partial charge in [0.15, 0.2) is 0 Å². The predicted octanol–water partition coefficient (Wildman–Crippen LogP) is 7.12. The summed E-state index contributed by atoms with van der Waals surface area (Å²) in [7, 11) is 0. The number of rotatable bonds is 21. The van der Waals surface area contributed by atoms with E-state index in [2.05, 4.69) is 17.1 Å². The maximum Gasteiger partial charge on any atom is 0.381 e. The fourth-order valence-electron chi connectivity index (χ4n) is 4.19. The average Bonchev–Trinajstić information content (AvgIpc) is 3.28.